The van der Waals surface area contributed by atoms with Crippen molar-refractivity contribution in [1.82, 2.24) is 5.16 Å². The van der Waals surface area contributed by atoms with Crippen LogP contribution in [0.5, 0.6) is 0 Å². The number of hydrogen-bond donors (Lipinski definition) is 2. The number of nitrogens with zero attached hydrogens (tertiary/aromatic N) is 1. The summed E-state index contributed by atoms with van der Waals surface area (Å²) in [5.74, 6) is -0.364. The number of benzene rings is 1. The fraction of sp³-hybridized carbons (Fsp3) is 0.0909. The molecule has 2 aromatic rings. The van der Waals surface area contributed by atoms with Gasteiger partial charge in [-0.25, -0.2) is 4.79 Å². The van der Waals surface area contributed by atoms with E-state index >= 15 is 0 Å². The van der Waals surface area contributed by atoms with Gasteiger partial charge in [-0.2, -0.15) is 0 Å². The quantitative estimate of drug-likeness (QED) is 0.827. The molecule has 0 saturated carbocycles. The predicted molar refractivity (Wildman–Crippen MR) is 57.9 cm³/mol. The second kappa shape index (κ2) is 4.06. The summed E-state index contributed by atoms with van der Waals surface area (Å²) < 4.78 is 4.88. The van der Waals surface area contributed by atoms with E-state index in [0.717, 1.165) is 0 Å². The van der Waals surface area contributed by atoms with Crippen LogP contribution in [0, 0.1) is 6.92 Å². The number of anilines is 2. The van der Waals surface area contributed by atoms with Crippen LogP contribution >= 0.6 is 0 Å². The van der Waals surface area contributed by atoms with Gasteiger partial charge in [-0.05, 0) is 19.1 Å². The van der Waals surface area contributed by atoms with E-state index in [2.05, 4.69) is 10.5 Å². The van der Waals surface area contributed by atoms with Gasteiger partial charge in [-0.15, -0.1) is 0 Å². The average molecular weight is 218 g/mol. The molecule has 2 rings (SSSR count). The Hall–Kier alpha value is -2.30. The predicted octanol–water partition coefficient (Wildman–Crippen LogP) is 2.42. The molecule has 0 saturated heterocycles. The van der Waals surface area contributed by atoms with E-state index in [9.17, 15) is 4.79 Å². The number of aryl methyl sites for hydroxylation is 1. The van der Waals surface area contributed by atoms with E-state index in [1.807, 2.05) is 0 Å². The van der Waals surface area contributed by atoms with Gasteiger partial charge in [-0.3, -0.25) is 0 Å². The van der Waals surface area contributed by atoms with Crippen LogP contribution in [0.25, 0.3) is 0 Å². The summed E-state index contributed by atoms with van der Waals surface area (Å²) in [6.45, 7) is 1.75. The third-order valence-electron chi connectivity index (χ3n) is 2.18. The highest BCUT2D eigenvalue weighted by molar-refractivity contribution is 5.95. The molecule has 1 aromatic heterocycles. The molecular weight excluding hydrogens is 208 g/mol. The van der Waals surface area contributed by atoms with Gasteiger partial charge < -0.3 is 14.9 Å². The first kappa shape index (κ1) is 10.2. The van der Waals surface area contributed by atoms with Crippen LogP contribution in [-0.2, 0) is 0 Å². The summed E-state index contributed by atoms with van der Waals surface area (Å²) in [6, 6.07) is 6.66. The van der Waals surface area contributed by atoms with Gasteiger partial charge >= 0.3 is 5.97 Å². The Morgan fingerprint density at radius 3 is 2.75 bits per heavy atom. The highest BCUT2D eigenvalue weighted by atomic mass is 16.5. The zero-order valence-electron chi connectivity index (χ0n) is 8.60. The fourth-order valence-electron chi connectivity index (χ4n) is 1.34. The summed E-state index contributed by atoms with van der Waals surface area (Å²) in [6.07, 6.45) is 1.51. The lowest BCUT2D eigenvalue weighted by molar-refractivity contribution is 0.0698. The van der Waals surface area contributed by atoms with Gasteiger partial charge in [-0.1, -0.05) is 17.3 Å². The Morgan fingerprint density at radius 1 is 1.38 bits per heavy atom. The van der Waals surface area contributed by atoms with Crippen molar-refractivity contribution < 1.29 is 14.4 Å². The molecule has 0 aliphatic rings. The number of nitrogens with one attached hydrogen (secondary N) is 1. The minimum atomic E-state index is -0.975. The standard InChI is InChI=1S/C11H10N2O3/c1-7-10(6-12-16-7)13-9-5-3-2-4-8(9)11(14)15/h2-6,13H,1H3,(H,14,15). The summed E-state index contributed by atoms with van der Waals surface area (Å²) in [5, 5.41) is 15.6. The monoisotopic (exact) mass is 218 g/mol. The molecule has 0 spiro atoms. The van der Waals surface area contributed by atoms with Gasteiger partial charge in [0.15, 0.2) is 5.76 Å². The van der Waals surface area contributed by atoms with E-state index in [1.165, 1.54) is 12.3 Å². The number of para-hydroxylation sites is 1. The lowest BCUT2D eigenvalue weighted by Gasteiger charge is -2.07. The summed E-state index contributed by atoms with van der Waals surface area (Å²) >= 11 is 0. The van der Waals surface area contributed by atoms with E-state index in [0.29, 0.717) is 17.1 Å². The molecule has 1 heterocycles. The maximum Gasteiger partial charge on any atom is 0.337 e. The smallest absolute Gasteiger partial charge is 0.337 e. The lowest BCUT2D eigenvalue weighted by atomic mass is 10.2. The molecule has 16 heavy (non-hydrogen) atoms. The van der Waals surface area contributed by atoms with Gasteiger partial charge in [0, 0.05) is 0 Å². The van der Waals surface area contributed by atoms with Crippen LogP contribution in [0.4, 0.5) is 11.4 Å². The zero-order chi connectivity index (χ0) is 11.5. The molecule has 0 fully saturated rings. The number of aromatic carboxylic acids is 1. The number of rotatable bonds is 3. The van der Waals surface area contributed by atoms with Crippen LogP contribution in [0.1, 0.15) is 16.1 Å². The largest absolute Gasteiger partial charge is 0.478 e. The molecule has 0 radical (unpaired) electrons. The first-order chi connectivity index (χ1) is 7.68. The topological polar surface area (TPSA) is 75.4 Å². The third-order valence-corrected chi connectivity index (χ3v) is 2.18. The van der Waals surface area contributed by atoms with Crippen molar-refractivity contribution in [2.24, 2.45) is 0 Å². The zero-order valence-corrected chi connectivity index (χ0v) is 8.60. The summed E-state index contributed by atoms with van der Waals surface area (Å²) in [5.41, 5.74) is 1.39. The van der Waals surface area contributed by atoms with Gasteiger partial charge in [0.05, 0.1) is 17.4 Å². The Kier molecular flexibility index (Phi) is 2.59. The summed E-state index contributed by atoms with van der Waals surface area (Å²) in [7, 11) is 0. The molecule has 0 aliphatic carbocycles. The second-order valence-electron chi connectivity index (χ2n) is 3.27. The van der Waals surface area contributed by atoms with Crippen molar-refractivity contribution in [3.8, 4) is 0 Å². The van der Waals surface area contributed by atoms with Crippen molar-refractivity contribution >= 4 is 17.3 Å². The molecular formula is C11H10N2O3. The Labute approximate surface area is 91.7 Å². The minimum Gasteiger partial charge on any atom is -0.478 e. The number of carbonyl (C=O) groups is 1. The number of hydrogen-bond acceptors (Lipinski definition) is 4. The molecule has 5 nitrogen and oxygen atoms in total. The Morgan fingerprint density at radius 2 is 2.12 bits per heavy atom. The van der Waals surface area contributed by atoms with Crippen LogP contribution in [0.3, 0.4) is 0 Å². The second-order valence-corrected chi connectivity index (χ2v) is 3.27. The average Bonchev–Trinajstić information content (AvgIpc) is 2.65. The van der Waals surface area contributed by atoms with Crippen LogP contribution in [0.15, 0.2) is 35.0 Å². The summed E-state index contributed by atoms with van der Waals surface area (Å²) in [4.78, 5) is 11.0. The van der Waals surface area contributed by atoms with Crippen molar-refractivity contribution in [2.45, 2.75) is 6.92 Å². The van der Waals surface area contributed by atoms with E-state index < -0.39 is 5.97 Å². The van der Waals surface area contributed by atoms with E-state index in [-0.39, 0.29) is 5.56 Å². The molecule has 82 valence electrons. The Balaban J connectivity index is 2.35. The van der Waals surface area contributed by atoms with Crippen molar-refractivity contribution in [2.75, 3.05) is 5.32 Å². The molecule has 0 amide bonds. The number of carboxylic acids is 1. The molecule has 5 heteroatoms. The molecule has 1 aromatic carbocycles. The number of aromatic nitrogens is 1. The number of carboxylic acid groups (broad SMARTS) is 1. The molecule has 0 unspecified atom stereocenters. The first-order valence-electron chi connectivity index (χ1n) is 4.69. The Bertz CT molecular complexity index is 519. The highest BCUT2D eigenvalue weighted by Gasteiger charge is 2.10. The maximum atomic E-state index is 11.0. The molecule has 0 atom stereocenters. The lowest BCUT2D eigenvalue weighted by Crippen LogP contribution is -2.02. The van der Waals surface area contributed by atoms with Crippen molar-refractivity contribution in [3.05, 3.63) is 41.8 Å². The van der Waals surface area contributed by atoms with Crippen LogP contribution < -0.4 is 5.32 Å². The van der Waals surface area contributed by atoms with Crippen molar-refractivity contribution in [1.29, 1.82) is 0 Å². The van der Waals surface area contributed by atoms with Crippen LogP contribution in [0.2, 0.25) is 0 Å². The van der Waals surface area contributed by atoms with Gasteiger partial charge in [0.2, 0.25) is 0 Å². The SMILES string of the molecule is Cc1oncc1Nc1ccccc1C(=O)O. The van der Waals surface area contributed by atoms with Crippen LogP contribution in [-0.4, -0.2) is 16.2 Å². The fourth-order valence-corrected chi connectivity index (χ4v) is 1.34. The normalized spacial score (nSPS) is 10.1. The first-order valence-corrected chi connectivity index (χ1v) is 4.69. The van der Waals surface area contributed by atoms with Gasteiger partial charge in [0.25, 0.3) is 0 Å². The minimum absolute atomic E-state index is 0.211. The van der Waals surface area contributed by atoms with E-state index in [4.69, 9.17) is 9.63 Å². The maximum absolute atomic E-state index is 11.0. The van der Waals surface area contributed by atoms with Crippen molar-refractivity contribution in [3.63, 3.8) is 0 Å². The van der Waals surface area contributed by atoms with E-state index in [1.54, 1.807) is 25.1 Å². The molecule has 2 N–H and O–H groups in total. The molecule has 0 bridgehead atoms. The third kappa shape index (κ3) is 1.88. The highest BCUT2D eigenvalue weighted by Crippen LogP contribution is 2.22. The van der Waals surface area contributed by atoms with Gasteiger partial charge in [0.1, 0.15) is 5.69 Å². The molecule has 0 aliphatic heterocycles.